The van der Waals surface area contributed by atoms with Crippen molar-refractivity contribution in [3.05, 3.63) is 47.5 Å². The number of rotatable bonds is 7. The van der Waals surface area contributed by atoms with Gasteiger partial charge in [-0.3, -0.25) is 9.52 Å². The molecule has 0 bridgehead atoms. The minimum atomic E-state index is -3.97. The Morgan fingerprint density at radius 3 is 2.57 bits per heavy atom. The van der Waals surface area contributed by atoms with E-state index in [-0.39, 0.29) is 27.3 Å². The number of sulfonamides is 1. The fraction of sp³-hybridized carbons (Fsp3) is 0.350. The number of halogens is 1. The van der Waals surface area contributed by atoms with Crippen molar-refractivity contribution in [3.8, 4) is 5.75 Å². The monoisotopic (exact) mass is 422 g/mol. The highest BCUT2D eigenvalue weighted by Crippen LogP contribution is 2.32. The van der Waals surface area contributed by atoms with Gasteiger partial charge in [0.15, 0.2) is 0 Å². The molecule has 0 unspecified atom stereocenters. The molecule has 0 saturated heterocycles. The fourth-order valence-corrected chi connectivity index (χ4v) is 4.91. The molecule has 0 aromatic heterocycles. The molecule has 150 valence electrons. The van der Waals surface area contributed by atoms with E-state index in [4.69, 9.17) is 16.3 Å². The third kappa shape index (κ3) is 4.97. The van der Waals surface area contributed by atoms with E-state index >= 15 is 0 Å². The highest BCUT2D eigenvalue weighted by atomic mass is 35.5. The maximum absolute atomic E-state index is 12.9. The largest absolute Gasteiger partial charge is 0.495 e. The predicted molar refractivity (Wildman–Crippen MR) is 110 cm³/mol. The number of benzene rings is 2. The van der Waals surface area contributed by atoms with Gasteiger partial charge in [-0.2, -0.15) is 0 Å². The molecule has 8 heteroatoms. The molecular formula is C20H23ClN2O4S. The fourth-order valence-electron chi connectivity index (χ4n) is 3.40. The number of hydrogen-bond acceptors (Lipinski definition) is 4. The van der Waals surface area contributed by atoms with Crippen LogP contribution in [0.5, 0.6) is 5.75 Å². The molecule has 0 heterocycles. The van der Waals surface area contributed by atoms with Gasteiger partial charge >= 0.3 is 0 Å². The van der Waals surface area contributed by atoms with Crippen molar-refractivity contribution in [1.82, 2.24) is 0 Å². The topological polar surface area (TPSA) is 84.5 Å². The van der Waals surface area contributed by atoms with Crippen molar-refractivity contribution in [2.45, 2.75) is 37.0 Å². The average molecular weight is 423 g/mol. The van der Waals surface area contributed by atoms with Crippen LogP contribution in [-0.4, -0.2) is 21.4 Å². The molecule has 0 aliphatic heterocycles. The first-order valence-corrected chi connectivity index (χ1v) is 11.0. The SMILES string of the molecule is COc1ccc(NC(=O)CC2CCCC2)cc1S(=O)(=O)Nc1ccccc1Cl. The Morgan fingerprint density at radius 2 is 1.89 bits per heavy atom. The lowest BCUT2D eigenvalue weighted by atomic mass is 10.0. The van der Waals surface area contributed by atoms with Gasteiger partial charge in [0.2, 0.25) is 5.91 Å². The molecule has 1 fully saturated rings. The molecule has 2 aromatic rings. The number of carbonyl (C=O) groups excluding carboxylic acids is 1. The van der Waals surface area contributed by atoms with E-state index in [1.54, 1.807) is 30.3 Å². The molecule has 28 heavy (non-hydrogen) atoms. The van der Waals surface area contributed by atoms with Crippen LogP contribution in [0.15, 0.2) is 47.4 Å². The molecular weight excluding hydrogens is 400 g/mol. The van der Waals surface area contributed by atoms with Gasteiger partial charge in [-0.1, -0.05) is 36.6 Å². The lowest BCUT2D eigenvalue weighted by molar-refractivity contribution is -0.117. The van der Waals surface area contributed by atoms with Crippen LogP contribution in [0.2, 0.25) is 5.02 Å². The molecule has 2 aromatic carbocycles. The molecule has 3 rings (SSSR count). The standard InChI is InChI=1S/C20H23ClN2O4S/c1-27-18-11-10-15(22-20(24)12-14-6-2-3-7-14)13-19(18)28(25,26)23-17-9-5-4-8-16(17)21/h4-5,8-11,13-14,23H,2-3,6-7,12H2,1H3,(H,22,24). The summed E-state index contributed by atoms with van der Waals surface area (Å²) in [5.74, 6) is 0.469. The van der Waals surface area contributed by atoms with Gasteiger partial charge in [0, 0.05) is 12.1 Å². The molecule has 1 aliphatic rings. The molecule has 6 nitrogen and oxygen atoms in total. The summed E-state index contributed by atoms with van der Waals surface area (Å²) in [5.41, 5.74) is 0.672. The van der Waals surface area contributed by atoms with E-state index in [0.717, 1.165) is 25.7 Å². The molecule has 0 radical (unpaired) electrons. The summed E-state index contributed by atoms with van der Waals surface area (Å²) in [5, 5.41) is 3.08. The summed E-state index contributed by atoms with van der Waals surface area (Å²) < 4.78 is 33.4. The third-order valence-corrected chi connectivity index (χ3v) is 6.52. The number of methoxy groups -OCH3 is 1. The molecule has 1 aliphatic carbocycles. The normalized spacial score (nSPS) is 14.6. The van der Waals surface area contributed by atoms with Crippen molar-refractivity contribution < 1.29 is 17.9 Å². The number of hydrogen-bond donors (Lipinski definition) is 2. The van der Waals surface area contributed by atoms with E-state index < -0.39 is 10.0 Å². The summed E-state index contributed by atoms with van der Waals surface area (Å²) in [6.07, 6.45) is 4.91. The quantitative estimate of drug-likeness (QED) is 0.679. The highest BCUT2D eigenvalue weighted by molar-refractivity contribution is 7.92. The van der Waals surface area contributed by atoms with E-state index in [2.05, 4.69) is 10.0 Å². The zero-order chi connectivity index (χ0) is 20.1. The first-order valence-electron chi connectivity index (χ1n) is 9.14. The Hall–Kier alpha value is -2.25. The minimum Gasteiger partial charge on any atom is -0.495 e. The maximum atomic E-state index is 12.9. The molecule has 0 atom stereocenters. The Kier molecular flexibility index (Phi) is 6.46. The van der Waals surface area contributed by atoms with Gasteiger partial charge in [-0.15, -0.1) is 0 Å². The second-order valence-corrected chi connectivity index (χ2v) is 8.91. The average Bonchev–Trinajstić information content (AvgIpc) is 3.16. The van der Waals surface area contributed by atoms with Crippen LogP contribution in [0.1, 0.15) is 32.1 Å². The van der Waals surface area contributed by atoms with E-state index in [9.17, 15) is 13.2 Å². The van der Waals surface area contributed by atoms with Gasteiger partial charge in [-0.05, 0) is 49.1 Å². The Balaban J connectivity index is 1.82. The number of anilines is 2. The molecule has 1 amide bonds. The van der Waals surface area contributed by atoms with Gasteiger partial charge in [-0.25, -0.2) is 8.42 Å². The molecule has 2 N–H and O–H groups in total. The number of nitrogens with one attached hydrogen (secondary N) is 2. The van der Waals surface area contributed by atoms with Gasteiger partial charge in [0.25, 0.3) is 10.0 Å². The van der Waals surface area contributed by atoms with Crippen molar-refractivity contribution >= 4 is 38.9 Å². The number of amides is 1. The van der Waals surface area contributed by atoms with Gasteiger partial charge in [0.05, 0.1) is 17.8 Å². The molecule has 0 spiro atoms. The van der Waals surface area contributed by atoms with Gasteiger partial charge in [0.1, 0.15) is 10.6 Å². The third-order valence-electron chi connectivity index (χ3n) is 4.80. The van der Waals surface area contributed by atoms with Crippen LogP contribution in [0.3, 0.4) is 0 Å². The Labute approximate surface area is 170 Å². The van der Waals surface area contributed by atoms with E-state index in [1.165, 1.54) is 19.2 Å². The molecule has 1 saturated carbocycles. The van der Waals surface area contributed by atoms with Crippen molar-refractivity contribution in [3.63, 3.8) is 0 Å². The predicted octanol–water partition coefficient (Wildman–Crippen LogP) is 4.67. The highest BCUT2D eigenvalue weighted by Gasteiger charge is 2.23. The van der Waals surface area contributed by atoms with Gasteiger partial charge < -0.3 is 10.1 Å². The lowest BCUT2D eigenvalue weighted by Gasteiger charge is -2.15. The van der Waals surface area contributed by atoms with Crippen LogP contribution >= 0.6 is 11.6 Å². The maximum Gasteiger partial charge on any atom is 0.265 e. The van der Waals surface area contributed by atoms with Crippen LogP contribution < -0.4 is 14.8 Å². The minimum absolute atomic E-state index is 0.0754. The summed E-state index contributed by atoms with van der Waals surface area (Å²) in [6.45, 7) is 0. The zero-order valence-corrected chi connectivity index (χ0v) is 17.1. The Bertz CT molecular complexity index is 956. The van der Waals surface area contributed by atoms with Crippen LogP contribution in [0.25, 0.3) is 0 Å². The Morgan fingerprint density at radius 1 is 1.18 bits per heavy atom. The summed E-state index contributed by atoms with van der Waals surface area (Å²) in [4.78, 5) is 12.2. The smallest absolute Gasteiger partial charge is 0.265 e. The van der Waals surface area contributed by atoms with E-state index in [0.29, 0.717) is 18.0 Å². The first-order chi connectivity index (χ1) is 13.4. The van der Waals surface area contributed by atoms with Crippen LogP contribution in [-0.2, 0) is 14.8 Å². The van der Waals surface area contributed by atoms with Crippen LogP contribution in [0, 0.1) is 5.92 Å². The van der Waals surface area contributed by atoms with E-state index in [1.807, 2.05) is 0 Å². The number of para-hydroxylation sites is 1. The lowest BCUT2D eigenvalue weighted by Crippen LogP contribution is -2.17. The second-order valence-electron chi connectivity index (χ2n) is 6.85. The zero-order valence-electron chi connectivity index (χ0n) is 15.6. The number of carbonyl (C=O) groups is 1. The summed E-state index contributed by atoms with van der Waals surface area (Å²) >= 11 is 6.06. The van der Waals surface area contributed by atoms with Crippen molar-refractivity contribution in [2.24, 2.45) is 5.92 Å². The number of ether oxygens (including phenoxy) is 1. The first kappa shape index (κ1) is 20.5. The summed E-state index contributed by atoms with van der Waals surface area (Å²) in [6, 6.07) is 11.1. The summed E-state index contributed by atoms with van der Waals surface area (Å²) in [7, 11) is -2.58. The van der Waals surface area contributed by atoms with Crippen LogP contribution in [0.4, 0.5) is 11.4 Å². The van der Waals surface area contributed by atoms with Crippen molar-refractivity contribution in [2.75, 3.05) is 17.1 Å². The second kappa shape index (κ2) is 8.84. The van der Waals surface area contributed by atoms with Crippen molar-refractivity contribution in [1.29, 1.82) is 0 Å².